The molecule has 0 spiro atoms. The van der Waals surface area contributed by atoms with Gasteiger partial charge in [-0.3, -0.25) is 4.79 Å². The monoisotopic (exact) mass is 399 g/mol. The van der Waals surface area contributed by atoms with E-state index in [1.54, 1.807) is 25.4 Å². The van der Waals surface area contributed by atoms with Gasteiger partial charge in [0.15, 0.2) is 5.82 Å². The molecule has 3 heterocycles. The van der Waals surface area contributed by atoms with Crippen molar-refractivity contribution in [2.75, 3.05) is 13.7 Å². The molecule has 146 valence electrons. The number of benzene rings is 1. The predicted octanol–water partition coefficient (Wildman–Crippen LogP) is 3.36. The van der Waals surface area contributed by atoms with E-state index in [1.807, 2.05) is 29.6 Å². The van der Waals surface area contributed by atoms with E-state index in [1.165, 1.54) is 5.56 Å². The second kappa shape index (κ2) is 8.12. The molecule has 7 nitrogen and oxygen atoms in total. The largest absolute Gasteiger partial charge is 0.496 e. The number of para-hydroxylation sites is 1. The molecule has 1 aliphatic rings. The van der Waals surface area contributed by atoms with Gasteiger partial charge in [-0.05, 0) is 29.5 Å². The lowest BCUT2D eigenvalue weighted by Crippen LogP contribution is -2.32. The lowest BCUT2D eigenvalue weighted by molar-refractivity contribution is -0.124. The second-order valence-corrected chi connectivity index (χ2v) is 7.49. The SMILES string of the molecule is COc1ccccc1[C@H](NC(=O)C[C@H]1OCCc2ccsc21)c1noc(C)n1. The number of hydrogen-bond donors (Lipinski definition) is 1. The molecule has 0 bridgehead atoms. The van der Waals surface area contributed by atoms with Crippen molar-refractivity contribution in [2.45, 2.75) is 31.9 Å². The minimum absolute atomic E-state index is 0.149. The molecule has 0 saturated carbocycles. The summed E-state index contributed by atoms with van der Waals surface area (Å²) in [6.45, 7) is 2.34. The molecule has 28 heavy (non-hydrogen) atoms. The third kappa shape index (κ3) is 3.79. The molecule has 1 aliphatic heterocycles. The van der Waals surface area contributed by atoms with E-state index in [0.717, 1.165) is 16.9 Å². The number of hydrogen-bond acceptors (Lipinski definition) is 7. The number of nitrogens with zero attached hydrogens (tertiary/aromatic N) is 2. The van der Waals surface area contributed by atoms with E-state index < -0.39 is 6.04 Å². The first-order valence-corrected chi connectivity index (χ1v) is 9.94. The molecule has 2 atom stereocenters. The van der Waals surface area contributed by atoms with Crippen LogP contribution in [-0.4, -0.2) is 29.8 Å². The minimum atomic E-state index is -0.576. The summed E-state index contributed by atoms with van der Waals surface area (Å²) in [7, 11) is 1.59. The van der Waals surface area contributed by atoms with Gasteiger partial charge in [0, 0.05) is 17.4 Å². The lowest BCUT2D eigenvalue weighted by Gasteiger charge is -2.24. The Bertz CT molecular complexity index is 968. The van der Waals surface area contributed by atoms with Crippen LogP contribution in [-0.2, 0) is 16.0 Å². The summed E-state index contributed by atoms with van der Waals surface area (Å²) in [6, 6.07) is 9.00. The Balaban J connectivity index is 1.57. The maximum absolute atomic E-state index is 12.9. The Morgan fingerprint density at radius 2 is 2.25 bits per heavy atom. The number of nitrogens with one attached hydrogen (secondary N) is 1. The molecule has 1 N–H and O–H groups in total. The zero-order valence-electron chi connectivity index (χ0n) is 15.7. The number of aryl methyl sites for hydroxylation is 1. The Morgan fingerprint density at radius 1 is 1.39 bits per heavy atom. The fourth-order valence-electron chi connectivity index (χ4n) is 3.38. The summed E-state index contributed by atoms with van der Waals surface area (Å²) in [5, 5.41) is 9.08. The van der Waals surface area contributed by atoms with E-state index in [2.05, 4.69) is 21.5 Å². The number of carbonyl (C=O) groups is 1. The van der Waals surface area contributed by atoms with Crippen LogP contribution >= 0.6 is 11.3 Å². The number of aromatic nitrogens is 2. The molecule has 0 unspecified atom stereocenters. The van der Waals surface area contributed by atoms with Crippen molar-refractivity contribution in [3.63, 3.8) is 0 Å². The number of fused-ring (bicyclic) bond motifs is 1. The first kappa shape index (κ1) is 18.6. The molecule has 1 amide bonds. The Labute approximate surface area is 166 Å². The average molecular weight is 399 g/mol. The lowest BCUT2D eigenvalue weighted by atomic mass is 10.0. The zero-order chi connectivity index (χ0) is 19.5. The molecule has 3 aromatic rings. The molecule has 4 rings (SSSR count). The summed E-state index contributed by atoms with van der Waals surface area (Å²) in [4.78, 5) is 18.3. The Hall–Kier alpha value is -2.71. The van der Waals surface area contributed by atoms with Crippen LogP contribution in [0.3, 0.4) is 0 Å². The van der Waals surface area contributed by atoms with Crippen LogP contribution in [0.2, 0.25) is 0 Å². The predicted molar refractivity (Wildman–Crippen MR) is 103 cm³/mol. The van der Waals surface area contributed by atoms with Gasteiger partial charge < -0.3 is 19.3 Å². The number of ether oxygens (including phenoxy) is 2. The van der Waals surface area contributed by atoms with Gasteiger partial charge in [0.2, 0.25) is 11.8 Å². The Kier molecular flexibility index (Phi) is 5.40. The number of carbonyl (C=O) groups excluding carboxylic acids is 1. The second-order valence-electron chi connectivity index (χ2n) is 6.54. The van der Waals surface area contributed by atoms with Crippen molar-refractivity contribution in [1.82, 2.24) is 15.5 Å². The molecular formula is C20H21N3O4S. The number of rotatable bonds is 6. The van der Waals surface area contributed by atoms with Gasteiger partial charge in [-0.15, -0.1) is 11.3 Å². The van der Waals surface area contributed by atoms with Crippen LogP contribution in [0.5, 0.6) is 5.75 Å². The number of methoxy groups -OCH3 is 1. The van der Waals surface area contributed by atoms with Crippen molar-refractivity contribution in [1.29, 1.82) is 0 Å². The summed E-state index contributed by atoms with van der Waals surface area (Å²) in [5.41, 5.74) is 2.03. The highest BCUT2D eigenvalue weighted by Gasteiger charge is 2.29. The van der Waals surface area contributed by atoms with Gasteiger partial charge in [0.25, 0.3) is 0 Å². The van der Waals surface area contributed by atoms with Crippen molar-refractivity contribution in [3.8, 4) is 5.75 Å². The highest BCUT2D eigenvalue weighted by molar-refractivity contribution is 7.10. The smallest absolute Gasteiger partial charge is 0.223 e. The molecule has 0 radical (unpaired) electrons. The average Bonchev–Trinajstić information content (AvgIpc) is 3.35. The van der Waals surface area contributed by atoms with Crippen molar-refractivity contribution in [3.05, 3.63) is 63.4 Å². The van der Waals surface area contributed by atoms with E-state index in [4.69, 9.17) is 14.0 Å². The van der Waals surface area contributed by atoms with Gasteiger partial charge in [-0.1, -0.05) is 23.4 Å². The van der Waals surface area contributed by atoms with Gasteiger partial charge >= 0.3 is 0 Å². The fraction of sp³-hybridized carbons (Fsp3) is 0.350. The molecular weight excluding hydrogens is 378 g/mol. The molecule has 0 fully saturated rings. The number of amides is 1. The number of thiophene rings is 1. The third-order valence-corrected chi connectivity index (χ3v) is 5.74. The summed E-state index contributed by atoms with van der Waals surface area (Å²) < 4.78 is 16.4. The van der Waals surface area contributed by atoms with Crippen molar-refractivity contribution in [2.24, 2.45) is 0 Å². The van der Waals surface area contributed by atoms with Crippen molar-refractivity contribution >= 4 is 17.2 Å². The highest BCUT2D eigenvalue weighted by atomic mass is 32.1. The zero-order valence-corrected chi connectivity index (χ0v) is 16.5. The van der Waals surface area contributed by atoms with Gasteiger partial charge in [-0.2, -0.15) is 4.98 Å². The third-order valence-electron chi connectivity index (χ3n) is 4.69. The van der Waals surface area contributed by atoms with E-state index >= 15 is 0 Å². The summed E-state index contributed by atoms with van der Waals surface area (Å²) in [5.74, 6) is 1.31. The van der Waals surface area contributed by atoms with E-state index in [9.17, 15) is 4.79 Å². The molecule has 2 aromatic heterocycles. The van der Waals surface area contributed by atoms with Crippen LogP contribution in [0.25, 0.3) is 0 Å². The topological polar surface area (TPSA) is 86.5 Å². The first-order valence-electron chi connectivity index (χ1n) is 9.06. The molecule has 1 aromatic carbocycles. The van der Waals surface area contributed by atoms with Crippen LogP contribution in [0.4, 0.5) is 0 Å². The molecule has 8 heteroatoms. The highest BCUT2D eigenvalue weighted by Crippen LogP contribution is 2.34. The van der Waals surface area contributed by atoms with Crippen LogP contribution in [0.1, 0.15) is 46.3 Å². The standard InChI is InChI=1S/C20H21N3O4S/c1-12-21-20(23-27-12)18(14-5-3-4-6-15(14)25-2)22-17(24)11-16-19-13(7-9-26-16)8-10-28-19/h3-6,8,10,16,18H,7,9,11H2,1-2H3,(H,22,24)/t16-,18+/m1/s1. The van der Waals surface area contributed by atoms with Gasteiger partial charge in [0.1, 0.15) is 17.9 Å². The summed E-state index contributed by atoms with van der Waals surface area (Å²) >= 11 is 1.63. The Morgan fingerprint density at radius 3 is 3.04 bits per heavy atom. The molecule has 0 saturated heterocycles. The van der Waals surface area contributed by atoms with Crippen LogP contribution in [0.15, 0.2) is 40.2 Å². The van der Waals surface area contributed by atoms with Crippen LogP contribution < -0.4 is 10.1 Å². The van der Waals surface area contributed by atoms with E-state index in [0.29, 0.717) is 24.1 Å². The maximum atomic E-state index is 12.9. The quantitative estimate of drug-likeness (QED) is 0.684. The fourth-order valence-corrected chi connectivity index (χ4v) is 4.39. The van der Waals surface area contributed by atoms with E-state index in [-0.39, 0.29) is 18.4 Å². The maximum Gasteiger partial charge on any atom is 0.223 e. The van der Waals surface area contributed by atoms with Crippen molar-refractivity contribution < 1.29 is 18.8 Å². The van der Waals surface area contributed by atoms with Crippen LogP contribution in [0, 0.1) is 6.92 Å². The first-order chi connectivity index (χ1) is 13.7. The van der Waals surface area contributed by atoms with Gasteiger partial charge in [0.05, 0.1) is 20.1 Å². The minimum Gasteiger partial charge on any atom is -0.496 e. The normalized spacial score (nSPS) is 17.0. The molecule has 0 aliphatic carbocycles. The summed E-state index contributed by atoms with van der Waals surface area (Å²) in [6.07, 6.45) is 0.896. The van der Waals surface area contributed by atoms with Gasteiger partial charge in [-0.25, -0.2) is 0 Å².